The highest BCUT2D eigenvalue weighted by atomic mass is 16.2. The molecule has 0 saturated carbocycles. The number of hydrogen-bond acceptors (Lipinski definition) is 4. The van der Waals surface area contributed by atoms with Crippen LogP contribution >= 0.6 is 0 Å². The molecule has 1 N–H and O–H groups in total. The lowest BCUT2D eigenvalue weighted by Gasteiger charge is -2.13. The van der Waals surface area contributed by atoms with Gasteiger partial charge >= 0.3 is 0 Å². The Balaban J connectivity index is 1.94. The van der Waals surface area contributed by atoms with Crippen molar-refractivity contribution in [1.29, 1.82) is 0 Å². The Labute approximate surface area is 132 Å². The average molecular weight is 308 g/mol. The highest BCUT2D eigenvalue weighted by Crippen LogP contribution is 2.06. The maximum absolute atomic E-state index is 12.6. The molecule has 2 aromatic heterocycles. The van der Waals surface area contributed by atoms with Gasteiger partial charge in [0.2, 0.25) is 5.91 Å². The van der Waals surface area contributed by atoms with Crippen molar-refractivity contribution in [3.8, 4) is 0 Å². The number of benzene rings is 1. The number of aryl methyl sites for hydroxylation is 1. The second-order valence-corrected chi connectivity index (χ2v) is 5.11. The third-order valence-electron chi connectivity index (χ3n) is 3.50. The molecule has 116 valence electrons. The van der Waals surface area contributed by atoms with Crippen LogP contribution in [0.5, 0.6) is 0 Å². The zero-order chi connectivity index (χ0) is 16.2. The highest BCUT2D eigenvalue weighted by molar-refractivity contribution is 5.86. The molecular formula is C17H16N4O2. The van der Waals surface area contributed by atoms with Crippen LogP contribution in [-0.4, -0.2) is 20.6 Å². The van der Waals surface area contributed by atoms with Crippen LogP contribution < -0.4 is 11.0 Å². The van der Waals surface area contributed by atoms with E-state index in [1.165, 1.54) is 10.9 Å². The number of fused-ring (bicyclic) bond motifs is 1. The van der Waals surface area contributed by atoms with Crippen molar-refractivity contribution < 1.29 is 4.79 Å². The maximum Gasteiger partial charge on any atom is 0.280 e. The van der Waals surface area contributed by atoms with Crippen LogP contribution in [0.15, 0.2) is 53.6 Å². The van der Waals surface area contributed by atoms with Gasteiger partial charge in [-0.25, -0.2) is 9.66 Å². The average Bonchev–Trinajstić information content (AvgIpc) is 2.58. The first-order valence-electron chi connectivity index (χ1n) is 7.38. The summed E-state index contributed by atoms with van der Waals surface area (Å²) in [6, 6.07) is 11.0. The fourth-order valence-corrected chi connectivity index (χ4v) is 2.38. The van der Waals surface area contributed by atoms with Crippen LogP contribution in [0.25, 0.3) is 10.9 Å². The van der Waals surface area contributed by atoms with E-state index in [-0.39, 0.29) is 17.9 Å². The van der Waals surface area contributed by atoms with Crippen molar-refractivity contribution in [2.45, 2.75) is 19.8 Å². The summed E-state index contributed by atoms with van der Waals surface area (Å²) in [6.07, 6.45) is 3.80. The molecule has 0 atom stereocenters. The van der Waals surface area contributed by atoms with Gasteiger partial charge in [0.15, 0.2) is 0 Å². The Morgan fingerprint density at radius 3 is 2.74 bits per heavy atom. The first kappa shape index (κ1) is 14.9. The fourth-order valence-electron chi connectivity index (χ4n) is 2.38. The molecule has 23 heavy (non-hydrogen) atoms. The molecule has 2 heterocycles. The van der Waals surface area contributed by atoms with Gasteiger partial charge in [-0.1, -0.05) is 37.3 Å². The number of hydrogen-bond donors (Lipinski definition) is 1. The van der Waals surface area contributed by atoms with Gasteiger partial charge in [-0.05, 0) is 11.6 Å². The van der Waals surface area contributed by atoms with Gasteiger partial charge in [0.05, 0.1) is 23.5 Å². The predicted molar refractivity (Wildman–Crippen MR) is 87.7 cm³/mol. The minimum absolute atomic E-state index is 0.199. The lowest BCUT2D eigenvalue weighted by Crippen LogP contribution is -2.37. The van der Waals surface area contributed by atoms with Crippen LogP contribution in [0.1, 0.15) is 18.3 Å². The van der Waals surface area contributed by atoms with Crippen LogP contribution in [-0.2, 0) is 17.6 Å². The van der Waals surface area contributed by atoms with E-state index < -0.39 is 0 Å². The number of aromatic nitrogens is 3. The molecule has 0 radical (unpaired) electrons. The minimum atomic E-state index is -0.296. The standard InChI is InChI=1S/C17H16N4O2/c1-2-15-19-14-11-18-9-8-13(14)17(23)21(15)20-16(22)10-12-6-4-3-5-7-12/h3-9,11H,2,10H2,1H3,(H,20,22). The van der Waals surface area contributed by atoms with Gasteiger partial charge in [0.1, 0.15) is 5.82 Å². The molecule has 0 saturated heterocycles. The quantitative estimate of drug-likeness (QED) is 0.795. The molecule has 3 rings (SSSR count). The van der Waals surface area contributed by atoms with Gasteiger partial charge in [-0.2, -0.15) is 0 Å². The van der Waals surface area contributed by atoms with E-state index in [0.29, 0.717) is 23.1 Å². The van der Waals surface area contributed by atoms with Crippen LogP contribution in [0.2, 0.25) is 0 Å². The predicted octanol–water partition coefficient (Wildman–Crippen LogP) is 1.67. The zero-order valence-corrected chi connectivity index (χ0v) is 12.7. The molecule has 0 aliphatic heterocycles. The van der Waals surface area contributed by atoms with Crippen LogP contribution in [0.3, 0.4) is 0 Å². The van der Waals surface area contributed by atoms with Gasteiger partial charge in [-0.15, -0.1) is 0 Å². The molecule has 0 aliphatic carbocycles. The molecule has 0 unspecified atom stereocenters. The molecular weight excluding hydrogens is 292 g/mol. The van der Waals surface area contributed by atoms with E-state index in [1.807, 2.05) is 37.3 Å². The maximum atomic E-state index is 12.6. The summed E-state index contributed by atoms with van der Waals surface area (Å²) in [5, 5.41) is 0.428. The molecule has 0 bridgehead atoms. The molecule has 0 spiro atoms. The monoisotopic (exact) mass is 308 g/mol. The van der Waals surface area contributed by atoms with E-state index in [9.17, 15) is 9.59 Å². The minimum Gasteiger partial charge on any atom is -0.273 e. The summed E-state index contributed by atoms with van der Waals surface area (Å²) in [5.74, 6) is 0.236. The largest absolute Gasteiger partial charge is 0.280 e. The number of nitrogens with zero attached hydrogens (tertiary/aromatic N) is 3. The van der Waals surface area contributed by atoms with Crippen LogP contribution in [0.4, 0.5) is 0 Å². The Kier molecular flexibility index (Phi) is 4.14. The summed E-state index contributed by atoms with van der Waals surface area (Å²) >= 11 is 0. The second-order valence-electron chi connectivity index (χ2n) is 5.11. The summed E-state index contributed by atoms with van der Waals surface area (Å²) in [6.45, 7) is 1.88. The summed E-state index contributed by atoms with van der Waals surface area (Å²) in [4.78, 5) is 33.2. The van der Waals surface area contributed by atoms with Crippen molar-refractivity contribution in [3.05, 3.63) is 70.5 Å². The molecule has 3 aromatic rings. The van der Waals surface area contributed by atoms with Gasteiger partial charge in [0, 0.05) is 12.6 Å². The number of carbonyl (C=O) groups excluding carboxylic acids is 1. The van der Waals surface area contributed by atoms with Gasteiger partial charge in [0.25, 0.3) is 5.56 Å². The lowest BCUT2D eigenvalue weighted by molar-refractivity contribution is -0.116. The highest BCUT2D eigenvalue weighted by Gasteiger charge is 2.12. The van der Waals surface area contributed by atoms with Crippen molar-refractivity contribution in [2.75, 3.05) is 5.43 Å². The summed E-state index contributed by atoms with van der Waals surface area (Å²) in [5.41, 5.74) is 3.77. The van der Waals surface area contributed by atoms with E-state index >= 15 is 0 Å². The van der Waals surface area contributed by atoms with Crippen molar-refractivity contribution in [2.24, 2.45) is 0 Å². The third-order valence-corrected chi connectivity index (χ3v) is 3.50. The molecule has 0 aliphatic rings. The second kappa shape index (κ2) is 6.39. The van der Waals surface area contributed by atoms with E-state index in [1.54, 1.807) is 12.3 Å². The number of carbonyl (C=O) groups is 1. The third kappa shape index (κ3) is 3.11. The topological polar surface area (TPSA) is 76.9 Å². The smallest absolute Gasteiger partial charge is 0.273 e. The molecule has 0 fully saturated rings. The Bertz CT molecular complexity index is 903. The zero-order valence-electron chi connectivity index (χ0n) is 12.7. The lowest BCUT2D eigenvalue weighted by atomic mass is 10.1. The van der Waals surface area contributed by atoms with Crippen molar-refractivity contribution in [1.82, 2.24) is 14.6 Å². The van der Waals surface area contributed by atoms with Gasteiger partial charge < -0.3 is 0 Å². The van der Waals surface area contributed by atoms with E-state index in [2.05, 4.69) is 15.4 Å². The normalized spacial score (nSPS) is 10.7. The van der Waals surface area contributed by atoms with Gasteiger partial charge in [-0.3, -0.25) is 20.0 Å². The Morgan fingerprint density at radius 2 is 2.00 bits per heavy atom. The van der Waals surface area contributed by atoms with Crippen LogP contribution in [0, 0.1) is 0 Å². The Hall–Kier alpha value is -3.02. The summed E-state index contributed by atoms with van der Waals surface area (Å²) < 4.78 is 1.23. The first-order chi connectivity index (χ1) is 11.2. The molecule has 6 heteroatoms. The van der Waals surface area contributed by atoms with E-state index in [4.69, 9.17) is 0 Å². The van der Waals surface area contributed by atoms with Crippen molar-refractivity contribution >= 4 is 16.8 Å². The SMILES string of the molecule is CCc1nc2cnccc2c(=O)n1NC(=O)Cc1ccccc1. The number of rotatable bonds is 4. The first-order valence-corrected chi connectivity index (χ1v) is 7.38. The fraction of sp³-hybridized carbons (Fsp3) is 0.176. The van der Waals surface area contributed by atoms with E-state index in [0.717, 1.165) is 5.56 Å². The Morgan fingerprint density at radius 1 is 1.22 bits per heavy atom. The van der Waals surface area contributed by atoms with Crippen molar-refractivity contribution in [3.63, 3.8) is 0 Å². The molecule has 6 nitrogen and oxygen atoms in total. The number of nitrogens with one attached hydrogen (secondary N) is 1. The molecule has 1 amide bonds. The number of pyridine rings is 1. The summed E-state index contributed by atoms with van der Waals surface area (Å²) in [7, 11) is 0. The molecule has 1 aromatic carbocycles. The number of amides is 1.